The minimum Gasteiger partial charge on any atom is -0.356 e. The van der Waals surface area contributed by atoms with E-state index >= 15 is 0 Å². The van der Waals surface area contributed by atoms with Gasteiger partial charge in [-0.3, -0.25) is 9.79 Å². The van der Waals surface area contributed by atoms with Crippen molar-refractivity contribution in [1.82, 2.24) is 10.6 Å². The van der Waals surface area contributed by atoms with Gasteiger partial charge in [0.1, 0.15) is 0 Å². The predicted molar refractivity (Wildman–Crippen MR) is 74.7 cm³/mol. The first-order valence-electron chi connectivity index (χ1n) is 6.05. The Morgan fingerprint density at radius 1 is 1.22 bits per heavy atom. The van der Waals surface area contributed by atoms with Crippen LogP contribution in [0.4, 0.5) is 5.69 Å². The summed E-state index contributed by atoms with van der Waals surface area (Å²) in [7, 11) is 1.68. The first-order chi connectivity index (χ1) is 8.76. The van der Waals surface area contributed by atoms with E-state index in [0.717, 1.165) is 18.7 Å². The fraction of sp³-hybridized carbons (Fsp3) is 0.385. The van der Waals surface area contributed by atoms with Gasteiger partial charge < -0.3 is 16.0 Å². The highest BCUT2D eigenvalue weighted by atomic mass is 16.1. The summed E-state index contributed by atoms with van der Waals surface area (Å²) in [5.74, 6) is 0.542. The van der Waals surface area contributed by atoms with Crippen LogP contribution in [0, 0.1) is 0 Å². The Morgan fingerprint density at radius 2 is 1.94 bits per heavy atom. The maximum Gasteiger partial charge on any atom is 0.243 e. The highest BCUT2D eigenvalue weighted by Crippen LogP contribution is 2.03. The van der Waals surface area contributed by atoms with Gasteiger partial charge in [-0.15, -0.1) is 0 Å². The lowest BCUT2D eigenvalue weighted by Gasteiger charge is -2.11. The zero-order valence-electron chi connectivity index (χ0n) is 10.9. The minimum atomic E-state index is -0.0966. The molecule has 1 amide bonds. The van der Waals surface area contributed by atoms with Crippen LogP contribution < -0.4 is 16.0 Å². The molecule has 3 N–H and O–H groups in total. The monoisotopic (exact) mass is 248 g/mol. The van der Waals surface area contributed by atoms with Crippen LogP contribution in [-0.2, 0) is 4.79 Å². The SMILES string of the molecule is CCCNC(=NC)NCC(=O)Nc1ccccc1. The van der Waals surface area contributed by atoms with Gasteiger partial charge in [0.2, 0.25) is 5.91 Å². The van der Waals surface area contributed by atoms with Crippen molar-refractivity contribution in [2.45, 2.75) is 13.3 Å². The van der Waals surface area contributed by atoms with E-state index in [1.54, 1.807) is 7.05 Å². The van der Waals surface area contributed by atoms with Crippen molar-refractivity contribution in [3.8, 4) is 0 Å². The number of nitrogens with one attached hydrogen (secondary N) is 3. The third kappa shape index (κ3) is 5.34. The summed E-state index contributed by atoms with van der Waals surface area (Å²) in [6.45, 7) is 3.10. The number of benzene rings is 1. The predicted octanol–water partition coefficient (Wildman–Crippen LogP) is 1.20. The second kappa shape index (κ2) is 8.11. The molecule has 1 aromatic carbocycles. The third-order valence-corrected chi connectivity index (χ3v) is 2.24. The smallest absolute Gasteiger partial charge is 0.243 e. The summed E-state index contributed by atoms with van der Waals surface area (Å²) >= 11 is 0. The number of nitrogens with zero attached hydrogens (tertiary/aromatic N) is 1. The van der Waals surface area contributed by atoms with Gasteiger partial charge in [0.25, 0.3) is 0 Å². The van der Waals surface area contributed by atoms with Crippen molar-refractivity contribution in [2.75, 3.05) is 25.5 Å². The molecule has 0 spiro atoms. The van der Waals surface area contributed by atoms with Gasteiger partial charge in [0, 0.05) is 19.3 Å². The molecule has 0 unspecified atom stereocenters. The molecular weight excluding hydrogens is 228 g/mol. The summed E-state index contributed by atoms with van der Waals surface area (Å²) in [5.41, 5.74) is 0.792. The molecule has 98 valence electrons. The van der Waals surface area contributed by atoms with Gasteiger partial charge in [-0.05, 0) is 18.6 Å². The molecule has 0 bridgehead atoms. The molecule has 0 aliphatic carbocycles. The standard InChI is InChI=1S/C13H20N4O/c1-3-9-15-13(14-2)16-10-12(18)17-11-7-5-4-6-8-11/h4-8H,3,9-10H2,1-2H3,(H,17,18)(H2,14,15,16). The Hall–Kier alpha value is -2.04. The number of amides is 1. The molecule has 0 atom stereocenters. The van der Waals surface area contributed by atoms with E-state index in [0.29, 0.717) is 5.96 Å². The Morgan fingerprint density at radius 3 is 2.56 bits per heavy atom. The maximum absolute atomic E-state index is 11.7. The number of rotatable bonds is 5. The van der Waals surface area contributed by atoms with Crippen molar-refractivity contribution in [3.05, 3.63) is 30.3 Å². The molecule has 1 rings (SSSR count). The second-order valence-corrected chi connectivity index (χ2v) is 3.77. The molecule has 0 fully saturated rings. The molecule has 1 aromatic rings. The van der Waals surface area contributed by atoms with Gasteiger partial charge in [-0.1, -0.05) is 25.1 Å². The molecule has 0 saturated carbocycles. The van der Waals surface area contributed by atoms with Crippen molar-refractivity contribution < 1.29 is 4.79 Å². The van der Waals surface area contributed by atoms with Gasteiger partial charge in [-0.2, -0.15) is 0 Å². The molecular formula is C13H20N4O. The van der Waals surface area contributed by atoms with Crippen LogP contribution in [-0.4, -0.2) is 32.0 Å². The second-order valence-electron chi connectivity index (χ2n) is 3.77. The molecule has 0 heterocycles. The Bertz CT molecular complexity index is 389. The number of para-hydroxylation sites is 1. The van der Waals surface area contributed by atoms with E-state index in [1.165, 1.54) is 0 Å². The van der Waals surface area contributed by atoms with Crippen LogP contribution in [0.5, 0.6) is 0 Å². The van der Waals surface area contributed by atoms with Crippen molar-refractivity contribution in [1.29, 1.82) is 0 Å². The highest BCUT2D eigenvalue weighted by molar-refractivity contribution is 5.94. The third-order valence-electron chi connectivity index (χ3n) is 2.24. The van der Waals surface area contributed by atoms with E-state index in [-0.39, 0.29) is 12.5 Å². The molecule has 0 saturated heterocycles. The normalized spacial score (nSPS) is 10.9. The van der Waals surface area contributed by atoms with Gasteiger partial charge >= 0.3 is 0 Å². The van der Waals surface area contributed by atoms with Crippen LogP contribution in [0.2, 0.25) is 0 Å². The minimum absolute atomic E-state index is 0.0966. The number of carbonyl (C=O) groups is 1. The Kier molecular flexibility index (Phi) is 6.32. The van der Waals surface area contributed by atoms with Gasteiger partial charge in [-0.25, -0.2) is 0 Å². The van der Waals surface area contributed by atoms with Crippen LogP contribution in [0.1, 0.15) is 13.3 Å². The number of guanidine groups is 1. The number of anilines is 1. The Balaban J connectivity index is 2.32. The van der Waals surface area contributed by atoms with Crippen molar-refractivity contribution >= 4 is 17.6 Å². The van der Waals surface area contributed by atoms with Crippen LogP contribution >= 0.6 is 0 Å². The van der Waals surface area contributed by atoms with Crippen molar-refractivity contribution in [2.24, 2.45) is 4.99 Å². The topological polar surface area (TPSA) is 65.5 Å². The van der Waals surface area contributed by atoms with Crippen LogP contribution in [0.3, 0.4) is 0 Å². The number of hydrogen-bond donors (Lipinski definition) is 3. The largest absolute Gasteiger partial charge is 0.356 e. The number of hydrogen-bond acceptors (Lipinski definition) is 2. The summed E-state index contributed by atoms with van der Waals surface area (Å²) in [5, 5.41) is 8.84. The summed E-state index contributed by atoms with van der Waals surface area (Å²) in [6, 6.07) is 9.37. The van der Waals surface area contributed by atoms with Gasteiger partial charge in [0.15, 0.2) is 5.96 Å². The lowest BCUT2D eigenvalue weighted by molar-refractivity contribution is -0.115. The average molecular weight is 248 g/mol. The van der Waals surface area contributed by atoms with Gasteiger partial charge in [0.05, 0.1) is 6.54 Å². The first-order valence-corrected chi connectivity index (χ1v) is 6.05. The zero-order valence-corrected chi connectivity index (χ0v) is 10.9. The van der Waals surface area contributed by atoms with E-state index in [9.17, 15) is 4.79 Å². The lowest BCUT2D eigenvalue weighted by atomic mass is 10.3. The maximum atomic E-state index is 11.7. The first kappa shape index (κ1) is 14.0. The highest BCUT2D eigenvalue weighted by Gasteiger charge is 2.03. The fourth-order valence-electron chi connectivity index (χ4n) is 1.35. The van der Waals surface area contributed by atoms with E-state index in [2.05, 4.69) is 27.9 Å². The molecule has 0 aliphatic rings. The summed E-state index contributed by atoms with van der Waals surface area (Å²) < 4.78 is 0. The molecule has 18 heavy (non-hydrogen) atoms. The van der Waals surface area contributed by atoms with Crippen LogP contribution in [0.15, 0.2) is 35.3 Å². The number of aliphatic imine (C=N–C) groups is 1. The van der Waals surface area contributed by atoms with E-state index < -0.39 is 0 Å². The quantitative estimate of drug-likeness (QED) is 0.542. The lowest BCUT2D eigenvalue weighted by Crippen LogP contribution is -2.41. The van der Waals surface area contributed by atoms with Crippen LogP contribution in [0.25, 0.3) is 0 Å². The Labute approximate surface area is 108 Å². The van der Waals surface area contributed by atoms with E-state index in [4.69, 9.17) is 0 Å². The van der Waals surface area contributed by atoms with E-state index in [1.807, 2.05) is 30.3 Å². The molecule has 0 aliphatic heterocycles. The number of carbonyl (C=O) groups excluding carboxylic acids is 1. The molecule has 0 radical (unpaired) electrons. The molecule has 5 heteroatoms. The molecule has 5 nitrogen and oxygen atoms in total. The fourth-order valence-corrected chi connectivity index (χ4v) is 1.35. The summed E-state index contributed by atoms with van der Waals surface area (Å²) in [4.78, 5) is 15.7. The summed E-state index contributed by atoms with van der Waals surface area (Å²) in [6.07, 6.45) is 1.01. The average Bonchev–Trinajstić information content (AvgIpc) is 2.40. The molecule has 0 aromatic heterocycles. The van der Waals surface area contributed by atoms with Crippen molar-refractivity contribution in [3.63, 3.8) is 0 Å². The zero-order chi connectivity index (χ0) is 13.2.